The Bertz CT molecular complexity index is 462. The maximum atomic E-state index is 11.8. The summed E-state index contributed by atoms with van der Waals surface area (Å²) in [6, 6.07) is 0.0917. The van der Waals surface area contributed by atoms with Gasteiger partial charge in [0.2, 0.25) is 0 Å². The summed E-state index contributed by atoms with van der Waals surface area (Å²) in [5, 5.41) is 0.129. The van der Waals surface area contributed by atoms with E-state index in [1.165, 1.54) is 6.20 Å². The van der Waals surface area contributed by atoms with Crippen molar-refractivity contribution >= 4 is 10.0 Å². The summed E-state index contributed by atoms with van der Waals surface area (Å²) < 4.78 is 26.3. The second-order valence-electron chi connectivity index (χ2n) is 4.10. The van der Waals surface area contributed by atoms with E-state index < -0.39 is 10.0 Å². The quantitative estimate of drug-likeness (QED) is 0.679. The number of nitrogens with one attached hydrogen (secondary N) is 2. The first-order valence-electron chi connectivity index (χ1n) is 5.33. The van der Waals surface area contributed by atoms with Crippen LogP contribution in [-0.4, -0.2) is 30.5 Å². The highest BCUT2D eigenvalue weighted by molar-refractivity contribution is 7.89. The number of nitrogens with two attached hydrogens (primary N) is 1. The third kappa shape index (κ3) is 2.26. The molecule has 0 aromatic carbocycles. The second kappa shape index (κ2) is 4.15. The number of nitrogens with zero attached hydrogens (tertiary/aromatic N) is 1. The number of aromatic nitrogens is 2. The molecule has 0 bridgehead atoms. The lowest BCUT2D eigenvalue weighted by molar-refractivity contribution is 0.327. The minimum atomic E-state index is -3.46. The molecule has 1 aromatic heterocycles. The third-order valence-electron chi connectivity index (χ3n) is 2.73. The highest BCUT2D eigenvalue weighted by Crippen LogP contribution is 2.19. The van der Waals surface area contributed by atoms with E-state index in [9.17, 15) is 8.42 Å². The Morgan fingerprint density at radius 3 is 2.81 bits per heavy atom. The monoisotopic (exact) mass is 244 g/mol. The van der Waals surface area contributed by atoms with Gasteiger partial charge in [0.15, 0.2) is 5.03 Å². The lowest BCUT2D eigenvalue weighted by atomic mass is 9.89. The number of H-pyrrole nitrogens is 1. The molecule has 0 aliphatic heterocycles. The molecule has 2 rings (SSSR count). The van der Waals surface area contributed by atoms with Crippen LogP contribution in [0.5, 0.6) is 0 Å². The molecule has 4 N–H and O–H groups in total. The Labute approximate surface area is 94.7 Å². The van der Waals surface area contributed by atoms with E-state index in [2.05, 4.69) is 14.7 Å². The van der Waals surface area contributed by atoms with E-state index in [0.717, 1.165) is 0 Å². The van der Waals surface area contributed by atoms with Crippen LogP contribution < -0.4 is 10.5 Å². The van der Waals surface area contributed by atoms with Crippen LogP contribution in [0, 0.1) is 0 Å². The van der Waals surface area contributed by atoms with Gasteiger partial charge in [0.05, 0.1) is 6.20 Å². The van der Waals surface area contributed by atoms with Crippen molar-refractivity contribution in [2.45, 2.75) is 43.3 Å². The number of aromatic amines is 1. The minimum Gasteiger partial charge on any atom is -0.332 e. The van der Waals surface area contributed by atoms with Crippen LogP contribution in [-0.2, 0) is 16.4 Å². The Morgan fingerprint density at radius 1 is 1.62 bits per heavy atom. The summed E-state index contributed by atoms with van der Waals surface area (Å²) >= 11 is 0. The maximum absolute atomic E-state index is 11.8. The highest BCUT2D eigenvalue weighted by atomic mass is 32.2. The van der Waals surface area contributed by atoms with E-state index in [1.807, 2.05) is 6.92 Å². The Hall–Kier alpha value is -0.920. The largest absolute Gasteiger partial charge is 0.332 e. The molecular weight excluding hydrogens is 228 g/mol. The number of imidazole rings is 1. The lowest BCUT2D eigenvalue weighted by Crippen LogP contribution is -2.50. The Kier molecular flexibility index (Phi) is 3.00. The van der Waals surface area contributed by atoms with Gasteiger partial charge in [0.1, 0.15) is 5.82 Å². The third-order valence-corrected chi connectivity index (χ3v) is 4.16. The average molecular weight is 244 g/mol. The number of rotatable bonds is 4. The SMILES string of the molecule is CCc1ncc(S(=O)(=O)NC2CC(N)C2)[nH]1. The number of hydrogen-bond acceptors (Lipinski definition) is 4. The fourth-order valence-electron chi connectivity index (χ4n) is 1.70. The van der Waals surface area contributed by atoms with Crippen LogP contribution in [0.4, 0.5) is 0 Å². The van der Waals surface area contributed by atoms with Gasteiger partial charge in [-0.3, -0.25) is 0 Å². The van der Waals surface area contributed by atoms with Crippen LogP contribution in [0.25, 0.3) is 0 Å². The zero-order valence-corrected chi connectivity index (χ0v) is 9.92. The summed E-state index contributed by atoms with van der Waals surface area (Å²) in [5.41, 5.74) is 5.60. The smallest absolute Gasteiger partial charge is 0.257 e. The summed E-state index contributed by atoms with van der Waals surface area (Å²) in [6.45, 7) is 1.91. The zero-order chi connectivity index (χ0) is 11.8. The molecular formula is C9H16N4O2S. The van der Waals surface area contributed by atoms with E-state index in [4.69, 9.17) is 5.73 Å². The van der Waals surface area contributed by atoms with Gasteiger partial charge >= 0.3 is 0 Å². The van der Waals surface area contributed by atoms with E-state index in [0.29, 0.717) is 25.1 Å². The van der Waals surface area contributed by atoms with Crippen molar-refractivity contribution in [2.75, 3.05) is 0 Å². The summed E-state index contributed by atoms with van der Waals surface area (Å²) in [7, 11) is -3.46. The maximum Gasteiger partial charge on any atom is 0.257 e. The molecule has 1 heterocycles. The first kappa shape index (κ1) is 11.6. The topological polar surface area (TPSA) is 101 Å². The summed E-state index contributed by atoms with van der Waals surface area (Å²) in [4.78, 5) is 6.74. The van der Waals surface area contributed by atoms with Crippen LogP contribution >= 0.6 is 0 Å². The van der Waals surface area contributed by atoms with Gasteiger partial charge in [-0.25, -0.2) is 18.1 Å². The molecule has 6 nitrogen and oxygen atoms in total. The summed E-state index contributed by atoms with van der Waals surface area (Å²) in [5.74, 6) is 0.672. The Balaban J connectivity index is 2.06. The van der Waals surface area contributed by atoms with Crippen LogP contribution in [0.3, 0.4) is 0 Å². The molecule has 1 fully saturated rings. The molecule has 1 saturated carbocycles. The van der Waals surface area contributed by atoms with Gasteiger partial charge in [-0.05, 0) is 12.8 Å². The fraction of sp³-hybridized carbons (Fsp3) is 0.667. The number of sulfonamides is 1. The second-order valence-corrected chi connectivity index (χ2v) is 5.78. The van der Waals surface area contributed by atoms with Crippen LogP contribution in [0.2, 0.25) is 0 Å². The van der Waals surface area contributed by atoms with Crippen molar-refractivity contribution in [3.63, 3.8) is 0 Å². The molecule has 16 heavy (non-hydrogen) atoms. The van der Waals surface area contributed by atoms with Gasteiger partial charge in [-0.15, -0.1) is 0 Å². The molecule has 1 aromatic rings. The van der Waals surface area contributed by atoms with Gasteiger partial charge in [-0.1, -0.05) is 6.92 Å². The normalized spacial score (nSPS) is 25.4. The molecule has 1 aliphatic rings. The van der Waals surface area contributed by atoms with E-state index in [1.54, 1.807) is 0 Å². The van der Waals surface area contributed by atoms with Crippen molar-refractivity contribution < 1.29 is 8.42 Å². The molecule has 7 heteroatoms. The standard InChI is InChI=1S/C9H16N4O2S/c1-2-8-11-5-9(12-8)16(14,15)13-7-3-6(10)4-7/h5-7,13H,2-4,10H2,1H3,(H,11,12). The highest BCUT2D eigenvalue weighted by Gasteiger charge is 2.30. The summed E-state index contributed by atoms with van der Waals surface area (Å²) in [6.07, 6.45) is 3.44. The van der Waals surface area contributed by atoms with E-state index >= 15 is 0 Å². The Morgan fingerprint density at radius 2 is 2.31 bits per heavy atom. The van der Waals surface area contributed by atoms with Crippen LogP contribution in [0.15, 0.2) is 11.2 Å². The predicted molar refractivity (Wildman–Crippen MR) is 59.3 cm³/mol. The van der Waals surface area contributed by atoms with Gasteiger partial charge in [0.25, 0.3) is 10.0 Å². The van der Waals surface area contributed by atoms with Crippen molar-refractivity contribution in [3.8, 4) is 0 Å². The van der Waals surface area contributed by atoms with Gasteiger partial charge in [0, 0.05) is 18.5 Å². The number of aryl methyl sites for hydroxylation is 1. The van der Waals surface area contributed by atoms with Crippen molar-refractivity contribution in [3.05, 3.63) is 12.0 Å². The zero-order valence-electron chi connectivity index (χ0n) is 9.10. The molecule has 0 saturated heterocycles. The van der Waals surface area contributed by atoms with Crippen molar-refractivity contribution in [2.24, 2.45) is 5.73 Å². The van der Waals surface area contributed by atoms with Gasteiger partial charge in [-0.2, -0.15) is 0 Å². The average Bonchev–Trinajstić information content (AvgIpc) is 2.63. The van der Waals surface area contributed by atoms with Crippen molar-refractivity contribution in [1.82, 2.24) is 14.7 Å². The molecule has 0 unspecified atom stereocenters. The molecule has 0 amide bonds. The van der Waals surface area contributed by atoms with Gasteiger partial charge < -0.3 is 10.7 Å². The van der Waals surface area contributed by atoms with Crippen LogP contribution in [0.1, 0.15) is 25.6 Å². The molecule has 1 aliphatic carbocycles. The minimum absolute atomic E-state index is 0.0339. The molecule has 0 atom stereocenters. The van der Waals surface area contributed by atoms with Crippen molar-refractivity contribution in [1.29, 1.82) is 0 Å². The lowest BCUT2D eigenvalue weighted by Gasteiger charge is -2.32. The molecule has 90 valence electrons. The predicted octanol–water partition coefficient (Wildman–Crippen LogP) is -0.260. The first-order valence-corrected chi connectivity index (χ1v) is 6.81. The first-order chi connectivity index (χ1) is 7.51. The molecule has 0 radical (unpaired) electrons. The fourth-order valence-corrected chi connectivity index (χ4v) is 2.90. The van der Waals surface area contributed by atoms with E-state index in [-0.39, 0.29) is 17.1 Å². The molecule has 0 spiro atoms. The number of hydrogen-bond donors (Lipinski definition) is 3.